The van der Waals surface area contributed by atoms with Crippen LogP contribution >= 0.6 is 34.7 Å². The molecule has 2 saturated heterocycles. The van der Waals surface area contributed by atoms with Crippen LogP contribution in [0, 0.1) is 5.92 Å². The molecule has 3 atom stereocenters. The number of unbranched alkanes of at least 4 members (excludes halogenated alkanes) is 1. The van der Waals surface area contributed by atoms with Crippen molar-refractivity contribution in [3.63, 3.8) is 0 Å². The summed E-state index contributed by atoms with van der Waals surface area (Å²) in [5, 5.41) is 41.9. The summed E-state index contributed by atoms with van der Waals surface area (Å²) in [4.78, 5) is 73.8. The quantitative estimate of drug-likeness (QED) is 0.0315. The Kier molecular flexibility index (Phi) is 11.4. The van der Waals surface area contributed by atoms with Crippen molar-refractivity contribution in [3.05, 3.63) is 45.1 Å². The lowest BCUT2D eigenvalue weighted by atomic mass is 9.89. The number of likely N-dealkylation sites (tertiary alicyclic amines) is 1. The number of ketones is 2. The lowest BCUT2D eigenvalue weighted by Crippen LogP contribution is -2.62. The molecule has 1 aromatic heterocycles. The second kappa shape index (κ2) is 15.4. The van der Waals surface area contributed by atoms with Gasteiger partial charge in [0.25, 0.3) is 0 Å². The van der Waals surface area contributed by atoms with Crippen LogP contribution in [0.5, 0.6) is 11.5 Å². The largest absolute Gasteiger partial charge is 0.504 e. The monoisotopic (exact) mass is 750 g/mol. The first-order valence-electron chi connectivity index (χ1n) is 15.9. The van der Waals surface area contributed by atoms with Crippen molar-refractivity contribution >= 4 is 75.0 Å². The maximum atomic E-state index is 13.5. The number of aliphatic carboxylic acids is 2. The molecule has 2 fully saturated rings. The van der Waals surface area contributed by atoms with Crippen molar-refractivity contribution in [1.29, 1.82) is 0 Å². The molecule has 0 bridgehead atoms. The third kappa shape index (κ3) is 7.90. The lowest BCUT2D eigenvalue weighted by Gasteiger charge is -2.50. The molecule has 18 heteroatoms. The number of carbonyl (C=O) groups is 5. The summed E-state index contributed by atoms with van der Waals surface area (Å²) in [7, 11) is 0. The minimum Gasteiger partial charge on any atom is -0.504 e. The summed E-state index contributed by atoms with van der Waals surface area (Å²) < 4.78 is 0.667. The van der Waals surface area contributed by atoms with Crippen LogP contribution in [0.2, 0.25) is 4.34 Å². The predicted octanol–water partition coefficient (Wildman–Crippen LogP) is 3.48. The van der Waals surface area contributed by atoms with E-state index >= 15 is 0 Å². The maximum absolute atomic E-state index is 13.5. The Hall–Kier alpha value is -4.19. The number of anilines is 1. The summed E-state index contributed by atoms with van der Waals surface area (Å²) in [6.07, 6.45) is 1.74. The van der Waals surface area contributed by atoms with E-state index in [4.69, 9.17) is 22.2 Å². The van der Waals surface area contributed by atoms with E-state index in [-0.39, 0.29) is 56.7 Å². The van der Waals surface area contributed by atoms with Crippen molar-refractivity contribution in [2.75, 3.05) is 37.7 Å². The fourth-order valence-electron chi connectivity index (χ4n) is 6.55. The highest BCUT2D eigenvalue weighted by Gasteiger charge is 2.55. The van der Waals surface area contributed by atoms with Gasteiger partial charge in [-0.15, -0.1) is 11.8 Å². The van der Waals surface area contributed by atoms with Gasteiger partial charge < -0.3 is 35.5 Å². The zero-order valence-electron chi connectivity index (χ0n) is 27.0. The zero-order chi connectivity index (χ0) is 36.3. The lowest BCUT2D eigenvalue weighted by molar-refractivity contribution is -0.912. The second-order valence-electron chi connectivity index (χ2n) is 12.6. The van der Waals surface area contributed by atoms with Crippen LogP contribution in [-0.4, -0.2) is 113 Å². The van der Waals surface area contributed by atoms with Gasteiger partial charge in [0.15, 0.2) is 33.9 Å². The number of aromatic hydroxyl groups is 2. The molecule has 1 aromatic carbocycles. The third-order valence-corrected chi connectivity index (χ3v) is 11.6. The molecule has 268 valence electrons. The number of thioether (sulfide) groups is 1. The van der Waals surface area contributed by atoms with Crippen molar-refractivity contribution in [1.82, 2.24) is 9.88 Å². The normalized spacial score (nSPS) is 20.6. The molecule has 50 heavy (non-hydrogen) atoms. The Morgan fingerprint density at radius 1 is 1.16 bits per heavy atom. The number of fused-ring (bicyclic) bond motifs is 1. The Labute approximate surface area is 299 Å². The number of hydrogen-bond donors (Lipinski definition) is 5. The van der Waals surface area contributed by atoms with Crippen LogP contribution < -0.4 is 5.73 Å². The summed E-state index contributed by atoms with van der Waals surface area (Å²) in [5.41, 5.74) is 6.13. The Morgan fingerprint density at radius 3 is 2.50 bits per heavy atom. The highest BCUT2D eigenvalue weighted by molar-refractivity contribution is 8.00. The van der Waals surface area contributed by atoms with Gasteiger partial charge in [0.2, 0.25) is 12.0 Å². The number of Topliss-reactive ketones (excluding diaryl/α,β-unsaturated/α-hetero) is 2. The molecule has 4 heterocycles. The van der Waals surface area contributed by atoms with E-state index in [0.717, 1.165) is 43.8 Å². The molecule has 2 unspecified atom stereocenters. The third-order valence-electron chi connectivity index (χ3n) is 9.13. The second-order valence-corrected chi connectivity index (χ2v) is 15.3. The first-order chi connectivity index (χ1) is 23.7. The minimum absolute atomic E-state index is 0.0266. The molecule has 15 nitrogen and oxygen atoms in total. The molecule has 0 spiro atoms. The number of quaternary nitrogens is 1. The van der Waals surface area contributed by atoms with Crippen LogP contribution in [0.3, 0.4) is 0 Å². The molecule has 0 aliphatic carbocycles. The molecular formula is C32H37ClN5O10S2+. The number of β-lactam (4-membered cyclic amide) rings is 1. The number of phenols is 2. The Morgan fingerprint density at radius 2 is 1.88 bits per heavy atom. The summed E-state index contributed by atoms with van der Waals surface area (Å²) in [5.74, 6) is -5.10. The molecule has 0 radical (unpaired) electrons. The maximum Gasteiger partial charge on any atom is 0.352 e. The van der Waals surface area contributed by atoms with Crippen molar-refractivity contribution < 1.29 is 53.7 Å². The predicted molar refractivity (Wildman–Crippen MR) is 184 cm³/mol. The average Bonchev–Trinajstić information content (AvgIpc) is 3.67. The van der Waals surface area contributed by atoms with E-state index in [0.29, 0.717) is 40.8 Å². The number of oxime groups is 1. The van der Waals surface area contributed by atoms with Crippen molar-refractivity contribution in [3.8, 4) is 11.5 Å². The van der Waals surface area contributed by atoms with Gasteiger partial charge in [0.1, 0.15) is 22.3 Å². The number of nitrogens with zero attached hydrogens (tertiary/aromatic N) is 4. The average molecular weight is 751 g/mol. The SMILES string of the molecule is C[C@H](O/N=C(\C(=O)CC1C(=O)N2C(C(=O)O)=C(C[N+]3(CCCCC(=O)c4ccc(O)c(O)c4)CCCC3)CSC12)c1nc(N)sc1Cl)C(=O)O. The number of phenolic OH excluding ortho intramolecular Hbond substituents is 2. The first-order valence-corrected chi connectivity index (χ1v) is 18.2. The number of nitrogen functional groups attached to an aromatic ring is 1. The molecule has 0 saturated carbocycles. The highest BCUT2D eigenvalue weighted by Crippen LogP contribution is 2.46. The molecule has 3 aliphatic rings. The van der Waals surface area contributed by atoms with Gasteiger partial charge in [-0.3, -0.25) is 19.3 Å². The van der Waals surface area contributed by atoms with Crippen LogP contribution in [-0.2, 0) is 24.0 Å². The number of amides is 1. The fourth-order valence-corrected chi connectivity index (χ4v) is 8.88. The molecule has 5 rings (SSSR count). The number of rotatable bonds is 16. The number of nitrogens with two attached hydrogens (primary N) is 1. The number of thiazole rings is 1. The molecule has 6 N–H and O–H groups in total. The number of carboxylic acids is 2. The van der Waals surface area contributed by atoms with Crippen molar-refractivity contribution in [2.24, 2.45) is 11.1 Å². The smallest absolute Gasteiger partial charge is 0.352 e. The van der Waals surface area contributed by atoms with Gasteiger partial charge in [-0.1, -0.05) is 28.1 Å². The van der Waals surface area contributed by atoms with E-state index in [9.17, 15) is 44.4 Å². The van der Waals surface area contributed by atoms with Crippen LogP contribution in [0.4, 0.5) is 5.13 Å². The number of halogens is 1. The summed E-state index contributed by atoms with van der Waals surface area (Å²) in [6.45, 7) is 4.05. The summed E-state index contributed by atoms with van der Waals surface area (Å²) >= 11 is 8.47. The topological polar surface area (TPSA) is 230 Å². The van der Waals surface area contributed by atoms with Gasteiger partial charge in [0.05, 0.1) is 30.9 Å². The number of aromatic nitrogens is 1. The molecule has 3 aliphatic heterocycles. The van der Waals surface area contributed by atoms with Crippen LogP contribution in [0.15, 0.2) is 34.6 Å². The highest BCUT2D eigenvalue weighted by atomic mass is 35.5. The molecule has 2 aromatic rings. The standard InChI is InChI=1S/C32H36ClN5O10S2/c1-16(30(44)45)48-36-24(25-27(33)50-32(34)35-25)23(42)13-19-28(43)37-26(31(46)47)18(15-49-29(19)37)14-38(10-4-5-11-38)9-3-2-6-20(39)17-7-8-21(40)22(41)12-17/h7-8,12,16,19,29H,2-6,9-11,13-15H2,1H3,(H5-,34,35,36,39,40,41,42,44,45,46,47)/p+1/t16-,19?,29?/m0/s1. The zero-order valence-corrected chi connectivity index (χ0v) is 29.4. The van der Waals surface area contributed by atoms with Gasteiger partial charge >= 0.3 is 11.9 Å². The number of hydrogen-bond acceptors (Lipinski definition) is 13. The van der Waals surface area contributed by atoms with E-state index < -0.39 is 41.0 Å². The van der Waals surface area contributed by atoms with Gasteiger partial charge in [-0.05, 0) is 38.0 Å². The van der Waals surface area contributed by atoms with Gasteiger partial charge in [-0.2, -0.15) is 0 Å². The van der Waals surface area contributed by atoms with E-state index in [1.807, 2.05) is 0 Å². The van der Waals surface area contributed by atoms with Crippen LogP contribution in [0.25, 0.3) is 0 Å². The van der Waals surface area contributed by atoms with E-state index in [2.05, 4.69) is 10.1 Å². The number of carboxylic acid groups (broad SMARTS) is 2. The van der Waals surface area contributed by atoms with Gasteiger partial charge in [0, 0.05) is 42.6 Å². The van der Waals surface area contributed by atoms with E-state index in [1.165, 1.54) is 41.8 Å². The number of carbonyl (C=O) groups excluding carboxylic acids is 3. The Balaban J connectivity index is 1.26. The molecule has 1 amide bonds. The van der Waals surface area contributed by atoms with E-state index in [1.54, 1.807) is 0 Å². The summed E-state index contributed by atoms with van der Waals surface area (Å²) in [6, 6.07) is 3.99. The first kappa shape index (κ1) is 37.1. The van der Waals surface area contributed by atoms with Crippen molar-refractivity contribution in [2.45, 2.75) is 56.9 Å². The molecular weight excluding hydrogens is 714 g/mol. The minimum atomic E-state index is -1.39. The fraction of sp³-hybridized carbons (Fsp3) is 0.469. The Bertz CT molecular complexity index is 1770. The van der Waals surface area contributed by atoms with Gasteiger partial charge in [-0.25, -0.2) is 14.6 Å². The number of benzene rings is 1. The van der Waals surface area contributed by atoms with Crippen LogP contribution in [0.1, 0.15) is 61.5 Å².